The van der Waals surface area contributed by atoms with Crippen LogP contribution in [0.15, 0.2) is 42.5 Å². The molecule has 6 nitrogen and oxygen atoms in total. The van der Waals surface area contributed by atoms with Crippen LogP contribution in [0.3, 0.4) is 0 Å². The molecule has 0 aliphatic rings. The normalized spacial score (nSPS) is 11.9. The van der Waals surface area contributed by atoms with Gasteiger partial charge < -0.3 is 15.2 Å². The Balaban J connectivity index is 1.74. The molecule has 1 amide bonds. The molecule has 7 heteroatoms. The summed E-state index contributed by atoms with van der Waals surface area (Å²) in [6.45, 7) is 1.97. The summed E-state index contributed by atoms with van der Waals surface area (Å²) < 4.78 is 6.13. The molecule has 1 heterocycles. The first kappa shape index (κ1) is 18.8. The van der Waals surface area contributed by atoms with Gasteiger partial charge >= 0.3 is 5.97 Å². The summed E-state index contributed by atoms with van der Waals surface area (Å²) in [5, 5.41) is 12.5. The van der Waals surface area contributed by atoms with Crippen molar-refractivity contribution in [2.24, 2.45) is 0 Å². The molecule has 3 rings (SSSR count). The number of carbonyl (C=O) groups excluding carboxylic acids is 1. The molecule has 140 valence electrons. The number of aliphatic carboxylic acids is 1. The molecule has 0 saturated heterocycles. The number of ether oxygens (including phenoxy) is 1. The van der Waals surface area contributed by atoms with Gasteiger partial charge in [-0.2, -0.15) is 0 Å². The number of rotatable bonds is 7. The number of carboxylic acids is 1. The summed E-state index contributed by atoms with van der Waals surface area (Å²) in [6, 6.07) is 13.0. The van der Waals surface area contributed by atoms with E-state index in [4.69, 9.17) is 4.74 Å². The number of aromatic nitrogens is 1. The second-order valence-electron chi connectivity index (χ2n) is 6.26. The van der Waals surface area contributed by atoms with E-state index in [1.54, 1.807) is 31.4 Å². The van der Waals surface area contributed by atoms with E-state index >= 15 is 0 Å². The first-order valence-electron chi connectivity index (χ1n) is 8.48. The Morgan fingerprint density at radius 2 is 1.93 bits per heavy atom. The van der Waals surface area contributed by atoms with Crippen molar-refractivity contribution >= 4 is 38.6 Å². The second-order valence-corrected chi connectivity index (χ2v) is 7.29. The van der Waals surface area contributed by atoms with E-state index in [9.17, 15) is 14.7 Å². The molecule has 0 saturated carbocycles. The predicted molar refractivity (Wildman–Crippen MR) is 106 cm³/mol. The molecule has 0 aliphatic carbocycles. The number of thiazole rings is 1. The Morgan fingerprint density at radius 1 is 1.19 bits per heavy atom. The minimum absolute atomic E-state index is 0.0630. The summed E-state index contributed by atoms with van der Waals surface area (Å²) >= 11 is 1.41. The number of nitrogens with one attached hydrogen (secondary N) is 1. The van der Waals surface area contributed by atoms with Crippen LogP contribution in [0, 0.1) is 6.92 Å². The number of hydrogen-bond acceptors (Lipinski definition) is 5. The van der Waals surface area contributed by atoms with Gasteiger partial charge in [-0.1, -0.05) is 35.6 Å². The number of hydrogen-bond donors (Lipinski definition) is 2. The number of anilines is 1. The van der Waals surface area contributed by atoms with Gasteiger partial charge in [0.25, 0.3) is 0 Å². The minimum Gasteiger partial charge on any atom is -0.497 e. The van der Waals surface area contributed by atoms with Crippen LogP contribution in [0.25, 0.3) is 10.2 Å². The number of aryl methyl sites for hydroxylation is 1. The van der Waals surface area contributed by atoms with Crippen molar-refractivity contribution < 1.29 is 19.4 Å². The van der Waals surface area contributed by atoms with Crippen LogP contribution in [-0.2, 0) is 9.59 Å². The van der Waals surface area contributed by atoms with Crippen molar-refractivity contribution in [2.75, 3.05) is 12.4 Å². The fourth-order valence-corrected chi connectivity index (χ4v) is 3.89. The summed E-state index contributed by atoms with van der Waals surface area (Å²) in [4.78, 5) is 28.2. The standard InChI is InChI=1S/C20H20N2O4S/c1-12-4-3-5-16-19(12)22-20(27-16)21-17(23)10-14(11-18(24)25)13-6-8-15(26-2)9-7-13/h3-9,14H,10-11H2,1-2H3,(H,24,25)(H,21,22,23). The van der Waals surface area contributed by atoms with Crippen molar-refractivity contribution in [1.82, 2.24) is 4.98 Å². The summed E-state index contributed by atoms with van der Waals surface area (Å²) in [5.41, 5.74) is 2.70. The highest BCUT2D eigenvalue weighted by Gasteiger charge is 2.20. The van der Waals surface area contributed by atoms with Crippen LogP contribution in [-0.4, -0.2) is 29.1 Å². The average Bonchev–Trinajstić information content (AvgIpc) is 3.04. The highest BCUT2D eigenvalue weighted by atomic mass is 32.1. The quantitative estimate of drug-likeness (QED) is 0.637. The lowest BCUT2D eigenvalue weighted by Gasteiger charge is -2.15. The largest absolute Gasteiger partial charge is 0.497 e. The van der Waals surface area contributed by atoms with E-state index in [0.29, 0.717) is 10.9 Å². The van der Waals surface area contributed by atoms with Crippen LogP contribution in [0.5, 0.6) is 5.75 Å². The number of carbonyl (C=O) groups is 2. The van der Waals surface area contributed by atoms with Gasteiger partial charge in [-0.3, -0.25) is 9.59 Å². The predicted octanol–water partition coefficient (Wildman–Crippen LogP) is 4.20. The Kier molecular flexibility index (Phi) is 5.71. The fourth-order valence-electron chi connectivity index (χ4n) is 2.93. The highest BCUT2D eigenvalue weighted by molar-refractivity contribution is 7.22. The van der Waals surface area contributed by atoms with Gasteiger partial charge in [-0.05, 0) is 36.2 Å². The van der Waals surface area contributed by atoms with E-state index < -0.39 is 11.9 Å². The van der Waals surface area contributed by atoms with Crippen LogP contribution >= 0.6 is 11.3 Å². The Hall–Kier alpha value is -2.93. The molecule has 0 radical (unpaired) electrons. The number of methoxy groups -OCH3 is 1. The molecule has 1 atom stereocenters. The second kappa shape index (κ2) is 8.18. The lowest BCUT2D eigenvalue weighted by atomic mass is 9.92. The zero-order valence-corrected chi connectivity index (χ0v) is 15.9. The maximum absolute atomic E-state index is 12.5. The molecular formula is C20H20N2O4S. The van der Waals surface area contributed by atoms with E-state index in [-0.39, 0.29) is 18.7 Å². The molecule has 1 unspecified atom stereocenters. The zero-order chi connectivity index (χ0) is 19.4. The number of carboxylic acid groups (broad SMARTS) is 1. The van der Waals surface area contributed by atoms with Crippen LogP contribution < -0.4 is 10.1 Å². The third-order valence-electron chi connectivity index (χ3n) is 4.31. The Labute approximate surface area is 160 Å². The fraction of sp³-hybridized carbons (Fsp3) is 0.250. The van der Waals surface area contributed by atoms with Gasteiger partial charge in [0.05, 0.1) is 23.7 Å². The molecule has 0 aliphatic heterocycles. The molecule has 0 spiro atoms. The smallest absolute Gasteiger partial charge is 0.303 e. The summed E-state index contributed by atoms with van der Waals surface area (Å²) in [6.07, 6.45) is -0.0633. The molecule has 1 aromatic heterocycles. The molecule has 2 aromatic carbocycles. The first-order valence-corrected chi connectivity index (χ1v) is 9.29. The van der Waals surface area contributed by atoms with Crippen LogP contribution in [0.4, 0.5) is 5.13 Å². The number of benzene rings is 2. The summed E-state index contributed by atoms with van der Waals surface area (Å²) in [7, 11) is 1.57. The lowest BCUT2D eigenvalue weighted by molar-refractivity contribution is -0.137. The zero-order valence-electron chi connectivity index (χ0n) is 15.1. The topological polar surface area (TPSA) is 88.5 Å². The van der Waals surface area contributed by atoms with Gasteiger partial charge in [-0.15, -0.1) is 0 Å². The highest BCUT2D eigenvalue weighted by Crippen LogP contribution is 2.30. The van der Waals surface area contributed by atoms with Crippen molar-refractivity contribution in [1.29, 1.82) is 0 Å². The van der Waals surface area contributed by atoms with Gasteiger partial charge in [-0.25, -0.2) is 4.98 Å². The van der Waals surface area contributed by atoms with Crippen molar-refractivity contribution in [3.8, 4) is 5.75 Å². The maximum atomic E-state index is 12.5. The molecule has 3 aromatic rings. The lowest BCUT2D eigenvalue weighted by Crippen LogP contribution is -2.17. The van der Waals surface area contributed by atoms with E-state index in [1.165, 1.54) is 11.3 Å². The van der Waals surface area contributed by atoms with Crippen molar-refractivity contribution in [3.05, 3.63) is 53.6 Å². The molecule has 0 fully saturated rings. The molecule has 0 bridgehead atoms. The summed E-state index contributed by atoms with van der Waals surface area (Å²) in [5.74, 6) is -0.945. The van der Waals surface area contributed by atoms with Crippen molar-refractivity contribution in [3.63, 3.8) is 0 Å². The minimum atomic E-state index is -0.945. The Bertz CT molecular complexity index is 966. The van der Waals surface area contributed by atoms with E-state index in [0.717, 1.165) is 21.3 Å². The SMILES string of the molecule is COc1ccc(C(CC(=O)O)CC(=O)Nc2nc3c(C)cccc3s2)cc1. The number of nitrogens with zero attached hydrogens (tertiary/aromatic N) is 1. The van der Waals surface area contributed by atoms with Crippen LogP contribution in [0.2, 0.25) is 0 Å². The molecule has 2 N–H and O–H groups in total. The maximum Gasteiger partial charge on any atom is 0.303 e. The third-order valence-corrected chi connectivity index (χ3v) is 5.24. The van der Waals surface area contributed by atoms with Crippen molar-refractivity contribution in [2.45, 2.75) is 25.7 Å². The van der Waals surface area contributed by atoms with Crippen LogP contribution in [0.1, 0.15) is 29.9 Å². The van der Waals surface area contributed by atoms with E-state index in [1.807, 2.05) is 25.1 Å². The number of fused-ring (bicyclic) bond motifs is 1. The van der Waals surface area contributed by atoms with Gasteiger partial charge in [0.15, 0.2) is 5.13 Å². The van der Waals surface area contributed by atoms with Gasteiger partial charge in [0.2, 0.25) is 5.91 Å². The Morgan fingerprint density at radius 3 is 2.56 bits per heavy atom. The number of amides is 1. The van der Waals surface area contributed by atoms with E-state index in [2.05, 4.69) is 10.3 Å². The third kappa shape index (κ3) is 4.62. The molecular weight excluding hydrogens is 364 g/mol. The molecule has 27 heavy (non-hydrogen) atoms. The van der Waals surface area contributed by atoms with Gasteiger partial charge in [0, 0.05) is 12.3 Å². The average molecular weight is 384 g/mol. The number of para-hydroxylation sites is 1. The monoisotopic (exact) mass is 384 g/mol. The first-order chi connectivity index (χ1) is 13.0. The van der Waals surface area contributed by atoms with Gasteiger partial charge in [0.1, 0.15) is 5.75 Å².